The van der Waals surface area contributed by atoms with Crippen molar-refractivity contribution in [1.29, 1.82) is 0 Å². The van der Waals surface area contributed by atoms with Gasteiger partial charge in [-0.05, 0) is 83.4 Å². The van der Waals surface area contributed by atoms with E-state index in [1.807, 2.05) is 0 Å². The van der Waals surface area contributed by atoms with Crippen molar-refractivity contribution < 1.29 is 41.8 Å². The molecule has 1 aliphatic heterocycles. The predicted octanol–water partition coefficient (Wildman–Crippen LogP) is 8.37. The molecule has 1 atom stereocenters. The maximum atomic E-state index is 13.9. The molecule has 1 aliphatic rings. The molecule has 0 bridgehead atoms. The number of nitrogens with zero attached hydrogens (tertiary/aromatic N) is 1. The van der Waals surface area contributed by atoms with Crippen molar-refractivity contribution in [2.45, 2.75) is 84.8 Å². The minimum atomic E-state index is -4.52. The fourth-order valence-electron chi connectivity index (χ4n) is 5.24. The fraction of sp³-hybridized carbons (Fsp3) is 0.457. The van der Waals surface area contributed by atoms with Crippen molar-refractivity contribution in [3.8, 4) is 16.9 Å². The highest BCUT2D eigenvalue weighted by Crippen LogP contribution is 2.44. The van der Waals surface area contributed by atoms with Crippen LogP contribution in [0.4, 0.5) is 23.7 Å². The van der Waals surface area contributed by atoms with Crippen LogP contribution in [0.25, 0.3) is 11.1 Å². The highest BCUT2D eigenvalue weighted by Gasteiger charge is 2.37. The van der Waals surface area contributed by atoms with E-state index in [0.29, 0.717) is 38.7 Å². The molecule has 1 unspecified atom stereocenters. The van der Waals surface area contributed by atoms with Crippen LogP contribution in [0.3, 0.4) is 0 Å². The monoisotopic (exact) mass is 674 g/mol. The van der Waals surface area contributed by atoms with Crippen LogP contribution >= 0.6 is 11.3 Å². The van der Waals surface area contributed by atoms with Crippen molar-refractivity contribution in [2.75, 3.05) is 25.0 Å². The van der Waals surface area contributed by atoms with Gasteiger partial charge in [0.1, 0.15) is 28.4 Å². The van der Waals surface area contributed by atoms with Crippen LogP contribution in [0.5, 0.6) is 5.75 Å². The number of carbonyl (C=O) groups is 3. The quantitative estimate of drug-likeness (QED) is 0.216. The van der Waals surface area contributed by atoms with Crippen LogP contribution in [0.15, 0.2) is 48.5 Å². The van der Waals surface area contributed by atoms with Gasteiger partial charge >= 0.3 is 18.2 Å². The molecule has 8 nitrogen and oxygen atoms in total. The van der Waals surface area contributed by atoms with Gasteiger partial charge in [-0.25, -0.2) is 4.79 Å². The second kappa shape index (κ2) is 14.0. The van der Waals surface area contributed by atoms with Gasteiger partial charge < -0.3 is 24.4 Å². The summed E-state index contributed by atoms with van der Waals surface area (Å²) < 4.78 is 58.6. The number of hydrogen-bond acceptors (Lipinski definition) is 8. The summed E-state index contributed by atoms with van der Waals surface area (Å²) in [5, 5.41) is 3.23. The smallest absolute Gasteiger partial charge is 0.426 e. The number of ketones is 1. The molecule has 1 aromatic heterocycles. The van der Waals surface area contributed by atoms with Crippen LogP contribution in [-0.2, 0) is 31.8 Å². The van der Waals surface area contributed by atoms with E-state index in [1.54, 1.807) is 90.9 Å². The lowest BCUT2D eigenvalue weighted by Crippen LogP contribution is -2.42. The van der Waals surface area contributed by atoms with E-state index in [0.717, 1.165) is 5.69 Å². The number of esters is 1. The summed E-state index contributed by atoms with van der Waals surface area (Å²) in [5.41, 5.74) is 1.13. The summed E-state index contributed by atoms with van der Waals surface area (Å²) in [4.78, 5) is 40.1. The van der Waals surface area contributed by atoms with Gasteiger partial charge in [-0.2, -0.15) is 13.2 Å². The Balaban J connectivity index is 1.52. The van der Waals surface area contributed by atoms with Gasteiger partial charge in [0.2, 0.25) is 0 Å². The number of fused-ring (bicyclic) bond motifs is 1. The molecule has 0 spiro atoms. The molecule has 2 heterocycles. The van der Waals surface area contributed by atoms with E-state index in [2.05, 4.69) is 5.32 Å². The Morgan fingerprint density at radius 3 is 2.23 bits per heavy atom. The fourth-order valence-corrected chi connectivity index (χ4v) is 6.20. The first kappa shape index (κ1) is 35.8. The summed E-state index contributed by atoms with van der Waals surface area (Å²) >= 11 is 0.641. The highest BCUT2D eigenvalue weighted by molar-refractivity contribution is 7.12. The molecular formula is C35H41F3N2O6S. The Morgan fingerprint density at radius 2 is 1.62 bits per heavy atom. The molecule has 47 heavy (non-hydrogen) atoms. The third kappa shape index (κ3) is 9.50. The van der Waals surface area contributed by atoms with Gasteiger partial charge in [0.15, 0.2) is 5.78 Å². The van der Waals surface area contributed by atoms with Crippen molar-refractivity contribution in [1.82, 2.24) is 4.90 Å². The standard InChI is InChI=1S/C35H41F3N2O6S/c1-21-28(44-20-23-17-24(22-11-9-8-10-12-22)31(47-23)35(36,37)38)14-13-26-30(21)25(18-39-26)27(41)19-40(32(43)46-34(5,6)7)16-15-29(42)45-33(2,3)4/h8-14,17,25,39H,15-16,18-20H2,1-7H3. The summed E-state index contributed by atoms with van der Waals surface area (Å²) in [5.74, 6) is -0.981. The Bertz CT molecular complexity index is 1610. The van der Waals surface area contributed by atoms with Gasteiger partial charge in [0, 0.05) is 29.2 Å². The Morgan fingerprint density at radius 1 is 0.957 bits per heavy atom. The number of nitrogens with one attached hydrogen (secondary N) is 1. The normalized spacial score (nSPS) is 14.6. The number of halogens is 3. The van der Waals surface area contributed by atoms with Gasteiger partial charge in [0.05, 0.1) is 18.9 Å². The average Bonchev–Trinajstić information content (AvgIpc) is 3.59. The minimum absolute atomic E-state index is 0.0730. The molecule has 0 saturated carbocycles. The van der Waals surface area contributed by atoms with Crippen LogP contribution in [0, 0.1) is 6.92 Å². The maximum absolute atomic E-state index is 13.9. The molecule has 0 radical (unpaired) electrons. The number of rotatable bonds is 10. The maximum Gasteiger partial charge on any atom is 0.426 e. The average molecular weight is 675 g/mol. The molecule has 0 fully saturated rings. The van der Waals surface area contributed by atoms with Gasteiger partial charge in [-0.1, -0.05) is 30.3 Å². The van der Waals surface area contributed by atoms with E-state index in [-0.39, 0.29) is 44.0 Å². The molecule has 3 aromatic rings. The zero-order valence-electron chi connectivity index (χ0n) is 27.7. The SMILES string of the molecule is Cc1c(OCc2cc(-c3ccccc3)c(C(F)(F)F)s2)ccc2c1C(C(=O)CN(CCC(=O)OC(C)(C)C)C(=O)OC(C)(C)C)CN2. The lowest BCUT2D eigenvalue weighted by atomic mass is 9.92. The number of Topliss-reactive ketones (excluding diaryl/α,β-unsaturated/α-hetero) is 1. The molecular weight excluding hydrogens is 633 g/mol. The summed E-state index contributed by atoms with van der Waals surface area (Å²) in [7, 11) is 0. The predicted molar refractivity (Wildman–Crippen MR) is 175 cm³/mol. The minimum Gasteiger partial charge on any atom is -0.488 e. The van der Waals surface area contributed by atoms with E-state index in [1.165, 1.54) is 11.0 Å². The lowest BCUT2D eigenvalue weighted by Gasteiger charge is -2.28. The summed E-state index contributed by atoms with van der Waals surface area (Å²) in [6.07, 6.45) is -5.36. The van der Waals surface area contributed by atoms with Gasteiger partial charge in [-0.3, -0.25) is 9.59 Å². The summed E-state index contributed by atoms with van der Waals surface area (Å²) in [6, 6.07) is 13.4. The topological polar surface area (TPSA) is 94.2 Å². The molecule has 1 amide bonds. The van der Waals surface area contributed by atoms with E-state index >= 15 is 0 Å². The van der Waals surface area contributed by atoms with Crippen LogP contribution in [0.2, 0.25) is 0 Å². The molecule has 254 valence electrons. The molecule has 1 N–H and O–H groups in total. The second-order valence-corrected chi connectivity index (χ2v) is 14.5. The molecule has 4 rings (SSSR count). The number of ether oxygens (including phenoxy) is 3. The highest BCUT2D eigenvalue weighted by atomic mass is 32.1. The zero-order chi connectivity index (χ0) is 34.7. The Kier molecular flexibility index (Phi) is 10.6. The Labute approximate surface area is 277 Å². The summed E-state index contributed by atoms with van der Waals surface area (Å²) in [6.45, 7) is 12.0. The number of thiophene rings is 1. The number of anilines is 1. The number of amides is 1. The lowest BCUT2D eigenvalue weighted by molar-refractivity contribution is -0.155. The number of benzene rings is 2. The molecule has 2 aromatic carbocycles. The largest absolute Gasteiger partial charge is 0.488 e. The number of hydrogen-bond donors (Lipinski definition) is 1. The van der Waals surface area contributed by atoms with Crippen LogP contribution in [-0.4, -0.2) is 53.6 Å². The van der Waals surface area contributed by atoms with Gasteiger partial charge in [0.25, 0.3) is 0 Å². The van der Waals surface area contributed by atoms with Crippen LogP contribution < -0.4 is 10.1 Å². The second-order valence-electron chi connectivity index (χ2n) is 13.4. The third-order valence-electron chi connectivity index (χ3n) is 7.20. The van der Waals surface area contributed by atoms with Crippen molar-refractivity contribution in [3.05, 3.63) is 69.4 Å². The first-order valence-electron chi connectivity index (χ1n) is 15.3. The van der Waals surface area contributed by atoms with Crippen molar-refractivity contribution in [2.24, 2.45) is 0 Å². The van der Waals surface area contributed by atoms with E-state index < -0.39 is 40.2 Å². The number of carbonyl (C=O) groups excluding carboxylic acids is 3. The molecule has 12 heteroatoms. The number of alkyl halides is 3. The van der Waals surface area contributed by atoms with Crippen molar-refractivity contribution in [3.63, 3.8) is 0 Å². The van der Waals surface area contributed by atoms with Gasteiger partial charge in [-0.15, -0.1) is 11.3 Å². The molecule has 0 saturated heterocycles. The first-order valence-corrected chi connectivity index (χ1v) is 16.1. The molecule has 0 aliphatic carbocycles. The third-order valence-corrected chi connectivity index (χ3v) is 8.35. The Hall–Kier alpha value is -4.06. The zero-order valence-corrected chi connectivity index (χ0v) is 28.5. The van der Waals surface area contributed by atoms with Crippen molar-refractivity contribution >= 4 is 34.9 Å². The van der Waals surface area contributed by atoms with E-state index in [9.17, 15) is 27.6 Å². The van der Waals surface area contributed by atoms with E-state index in [4.69, 9.17) is 14.2 Å². The first-order chi connectivity index (χ1) is 21.8. The van der Waals surface area contributed by atoms with Crippen LogP contribution in [0.1, 0.15) is 74.8 Å².